The first kappa shape index (κ1) is 20.1. The summed E-state index contributed by atoms with van der Waals surface area (Å²) < 4.78 is 7.00. The average molecular weight is 438 g/mol. The van der Waals surface area contributed by atoms with E-state index in [0.717, 1.165) is 16.8 Å². The molecule has 4 rings (SSSR count). The monoisotopic (exact) mass is 437 g/mol. The van der Waals surface area contributed by atoms with Gasteiger partial charge in [-0.25, -0.2) is 0 Å². The normalized spacial score (nSPS) is 14.5. The summed E-state index contributed by atoms with van der Waals surface area (Å²) in [5.41, 5.74) is 3.40. The molecule has 1 atom stereocenters. The molecular formula is C22H19N3O3S2. The smallest absolute Gasteiger partial charge is 0.247 e. The van der Waals surface area contributed by atoms with Crippen LogP contribution in [0.1, 0.15) is 23.4 Å². The van der Waals surface area contributed by atoms with Crippen LogP contribution in [0.25, 0.3) is 11.6 Å². The third-order valence-electron chi connectivity index (χ3n) is 4.81. The largest absolute Gasteiger partial charge is 0.497 e. The minimum atomic E-state index is -0.687. The lowest BCUT2D eigenvalue weighted by Gasteiger charge is -2.15. The quantitative estimate of drug-likeness (QED) is 0.521. The number of nitrogens with zero attached hydrogens (tertiary/aromatic N) is 2. The number of hydrogen-bond acceptors (Lipinski definition) is 6. The van der Waals surface area contributed by atoms with Gasteiger partial charge < -0.3 is 15.2 Å². The molecule has 0 saturated carbocycles. The molecule has 0 fully saturated rings. The van der Waals surface area contributed by atoms with E-state index < -0.39 is 6.04 Å². The number of para-hydroxylation sites is 1. The van der Waals surface area contributed by atoms with Crippen molar-refractivity contribution in [3.63, 3.8) is 0 Å². The van der Waals surface area contributed by atoms with Crippen LogP contribution in [0.2, 0.25) is 0 Å². The van der Waals surface area contributed by atoms with E-state index in [1.807, 2.05) is 30.3 Å². The number of aromatic nitrogens is 1. The minimum Gasteiger partial charge on any atom is -0.497 e. The third-order valence-corrected chi connectivity index (χ3v) is 6.15. The zero-order valence-corrected chi connectivity index (χ0v) is 18.0. The standard InChI is InChI=1S/C22H19N3O3S2/c1-13(20(26)24-15-7-9-16(28-2)10-8-15)25-21(27)19(30-22(25)29)11-14-12-23-18-6-4-3-5-17(14)18/h3-13,27H,1-2H3,(H,24,26)/b14-11-. The average Bonchev–Trinajstić information content (AvgIpc) is 3.28. The second-order valence-electron chi connectivity index (χ2n) is 6.69. The Kier molecular flexibility index (Phi) is 5.52. The summed E-state index contributed by atoms with van der Waals surface area (Å²) in [5.74, 6) is 0.387. The first-order chi connectivity index (χ1) is 14.5. The highest BCUT2D eigenvalue weighted by molar-refractivity contribution is 7.73. The van der Waals surface area contributed by atoms with Crippen LogP contribution in [0.5, 0.6) is 11.6 Å². The number of allylic oxidation sites excluding steroid dienone is 1. The van der Waals surface area contributed by atoms with Crippen LogP contribution in [0, 0.1) is 3.95 Å². The summed E-state index contributed by atoms with van der Waals surface area (Å²) in [7, 11) is 1.58. The van der Waals surface area contributed by atoms with Crippen molar-refractivity contribution >= 4 is 58.7 Å². The topological polar surface area (TPSA) is 75.8 Å². The zero-order valence-electron chi connectivity index (χ0n) is 16.3. The number of rotatable bonds is 5. The first-order valence-corrected chi connectivity index (χ1v) is 10.4. The maximum absolute atomic E-state index is 12.7. The molecule has 1 aliphatic rings. The van der Waals surface area contributed by atoms with Gasteiger partial charge in [0, 0.05) is 23.0 Å². The Labute approximate surface area is 182 Å². The van der Waals surface area contributed by atoms with Crippen LogP contribution in [0.15, 0.2) is 53.5 Å². The number of aliphatic imine (C=N–C) groups is 1. The summed E-state index contributed by atoms with van der Waals surface area (Å²) in [6.45, 7) is 1.70. The maximum atomic E-state index is 12.7. The van der Waals surface area contributed by atoms with Gasteiger partial charge in [0.15, 0.2) is 3.95 Å². The van der Waals surface area contributed by atoms with Gasteiger partial charge in [-0.2, -0.15) is 0 Å². The van der Waals surface area contributed by atoms with Crippen LogP contribution in [-0.4, -0.2) is 28.9 Å². The van der Waals surface area contributed by atoms with E-state index >= 15 is 0 Å². The molecule has 2 N–H and O–H groups in total. The molecule has 3 aromatic rings. The van der Waals surface area contributed by atoms with Crippen molar-refractivity contribution in [2.75, 3.05) is 12.4 Å². The molecule has 8 heteroatoms. The number of thiazole rings is 1. The van der Waals surface area contributed by atoms with E-state index in [1.54, 1.807) is 44.5 Å². The van der Waals surface area contributed by atoms with E-state index in [-0.39, 0.29) is 11.8 Å². The minimum absolute atomic E-state index is 0.0346. The molecule has 1 unspecified atom stereocenters. The second-order valence-corrected chi connectivity index (χ2v) is 8.37. The van der Waals surface area contributed by atoms with Crippen LogP contribution in [0.4, 0.5) is 11.4 Å². The number of fused-ring (bicyclic) bond motifs is 1. The number of benzene rings is 2. The Balaban J connectivity index is 1.59. The fourth-order valence-corrected chi connectivity index (χ4v) is 4.58. The van der Waals surface area contributed by atoms with Crippen molar-refractivity contribution in [3.05, 3.63) is 62.9 Å². The number of ether oxygens (including phenoxy) is 1. The fourth-order valence-electron chi connectivity index (χ4n) is 3.16. The Bertz CT molecular complexity index is 1220. The Morgan fingerprint density at radius 3 is 2.73 bits per heavy atom. The van der Waals surface area contributed by atoms with Gasteiger partial charge in [-0.05, 0) is 55.5 Å². The summed E-state index contributed by atoms with van der Waals surface area (Å²) in [6.07, 6.45) is 3.60. The van der Waals surface area contributed by atoms with E-state index in [1.165, 1.54) is 15.9 Å². The Morgan fingerprint density at radius 2 is 2.00 bits per heavy atom. The number of amides is 1. The van der Waals surface area contributed by atoms with E-state index in [9.17, 15) is 9.90 Å². The lowest BCUT2D eigenvalue weighted by atomic mass is 10.1. The predicted molar refractivity (Wildman–Crippen MR) is 124 cm³/mol. The Hall–Kier alpha value is -3.23. The lowest BCUT2D eigenvalue weighted by molar-refractivity contribution is -0.118. The highest BCUT2D eigenvalue weighted by Gasteiger charge is 2.22. The van der Waals surface area contributed by atoms with Crippen molar-refractivity contribution < 1.29 is 14.6 Å². The summed E-state index contributed by atoms with van der Waals surface area (Å²) in [4.78, 5) is 17.7. The second kappa shape index (κ2) is 8.25. The molecule has 2 aromatic carbocycles. The summed E-state index contributed by atoms with van der Waals surface area (Å²) in [6, 6.07) is 14.1. The summed E-state index contributed by atoms with van der Waals surface area (Å²) in [5, 5.41) is 13.6. The van der Waals surface area contributed by atoms with Gasteiger partial charge in [0.25, 0.3) is 0 Å². The van der Waals surface area contributed by atoms with E-state index in [2.05, 4.69) is 10.3 Å². The molecular weight excluding hydrogens is 418 g/mol. The molecule has 0 spiro atoms. The van der Waals surface area contributed by atoms with Crippen molar-refractivity contribution in [2.45, 2.75) is 13.0 Å². The molecule has 1 aromatic heterocycles. The maximum Gasteiger partial charge on any atom is 0.247 e. The summed E-state index contributed by atoms with van der Waals surface area (Å²) >= 11 is 6.69. The number of anilines is 1. The lowest BCUT2D eigenvalue weighted by Crippen LogP contribution is -2.23. The number of hydrogen-bond donors (Lipinski definition) is 2. The fraction of sp³-hybridized carbons (Fsp3) is 0.136. The predicted octanol–water partition coefficient (Wildman–Crippen LogP) is 5.45. The van der Waals surface area contributed by atoms with Crippen LogP contribution >= 0.6 is 23.6 Å². The van der Waals surface area contributed by atoms with Crippen molar-refractivity contribution in [2.24, 2.45) is 4.99 Å². The van der Waals surface area contributed by atoms with Gasteiger partial charge >= 0.3 is 0 Å². The highest BCUT2D eigenvalue weighted by atomic mass is 32.1. The SMILES string of the molecule is COc1ccc(NC(=O)C(C)n2c(O)c(/C=C3/C=Nc4ccccc43)sc2=S)cc1. The number of methoxy groups -OCH3 is 1. The molecule has 6 nitrogen and oxygen atoms in total. The number of carbonyl (C=O) groups is 1. The molecule has 0 aliphatic carbocycles. The molecule has 30 heavy (non-hydrogen) atoms. The Morgan fingerprint density at radius 1 is 1.27 bits per heavy atom. The van der Waals surface area contributed by atoms with Crippen molar-refractivity contribution in [3.8, 4) is 11.6 Å². The van der Waals surface area contributed by atoms with Crippen molar-refractivity contribution in [1.82, 2.24) is 4.57 Å². The molecule has 0 bridgehead atoms. The van der Waals surface area contributed by atoms with Gasteiger partial charge in [0.05, 0.1) is 17.7 Å². The first-order valence-electron chi connectivity index (χ1n) is 9.22. The number of carbonyl (C=O) groups excluding carboxylic acids is 1. The number of aromatic hydroxyl groups is 1. The van der Waals surface area contributed by atoms with Crippen LogP contribution in [0.3, 0.4) is 0 Å². The molecule has 0 radical (unpaired) electrons. The molecule has 0 saturated heterocycles. The van der Waals surface area contributed by atoms with Crippen LogP contribution < -0.4 is 10.1 Å². The van der Waals surface area contributed by atoms with E-state index in [4.69, 9.17) is 17.0 Å². The molecule has 152 valence electrons. The molecule has 1 amide bonds. The zero-order chi connectivity index (χ0) is 21.3. The van der Waals surface area contributed by atoms with Crippen molar-refractivity contribution in [1.29, 1.82) is 0 Å². The van der Waals surface area contributed by atoms with Gasteiger partial charge in [-0.1, -0.05) is 18.2 Å². The molecule has 1 aliphatic heterocycles. The van der Waals surface area contributed by atoms with E-state index in [0.29, 0.717) is 20.3 Å². The van der Waals surface area contributed by atoms with Gasteiger partial charge in [0.1, 0.15) is 11.8 Å². The van der Waals surface area contributed by atoms with Gasteiger partial charge in [0.2, 0.25) is 11.8 Å². The van der Waals surface area contributed by atoms with Crippen LogP contribution in [-0.2, 0) is 4.79 Å². The number of nitrogens with one attached hydrogen (secondary N) is 1. The highest BCUT2D eigenvalue weighted by Crippen LogP contribution is 2.37. The molecule has 2 heterocycles. The van der Waals surface area contributed by atoms with Gasteiger partial charge in [-0.15, -0.1) is 11.3 Å². The third kappa shape index (κ3) is 3.79. The van der Waals surface area contributed by atoms with Gasteiger partial charge in [-0.3, -0.25) is 14.4 Å².